The maximum atomic E-state index is 11.5. The van der Waals surface area contributed by atoms with E-state index in [1.807, 2.05) is 5.38 Å². The van der Waals surface area contributed by atoms with Crippen molar-refractivity contribution in [3.05, 3.63) is 44.8 Å². The highest BCUT2D eigenvalue weighted by Crippen LogP contribution is 2.02. The van der Waals surface area contributed by atoms with Crippen molar-refractivity contribution in [3.8, 4) is 0 Å². The number of H-pyrrole nitrogens is 1. The van der Waals surface area contributed by atoms with E-state index in [1.165, 1.54) is 23.5 Å². The van der Waals surface area contributed by atoms with Gasteiger partial charge < -0.3 is 5.32 Å². The van der Waals surface area contributed by atoms with Gasteiger partial charge in [-0.2, -0.15) is 5.10 Å². The molecule has 0 aliphatic rings. The number of aromatic amines is 1. The molecule has 2 aromatic heterocycles. The third kappa shape index (κ3) is 2.51. The number of nitrogens with one attached hydrogen (secondary N) is 2. The molecule has 0 bridgehead atoms. The molecule has 1 amide bonds. The molecule has 0 saturated heterocycles. The minimum atomic E-state index is -0.341. The average Bonchev–Trinajstić information content (AvgIpc) is 2.80. The third-order valence-electron chi connectivity index (χ3n) is 1.80. The first-order valence-electron chi connectivity index (χ1n) is 4.48. The van der Waals surface area contributed by atoms with Crippen molar-refractivity contribution in [2.45, 2.75) is 6.54 Å². The first-order chi connectivity index (χ1) is 7.75. The van der Waals surface area contributed by atoms with E-state index in [0.29, 0.717) is 6.54 Å². The number of carbonyl (C=O) groups excluding carboxylic acids is 1. The average molecular weight is 236 g/mol. The summed E-state index contributed by atoms with van der Waals surface area (Å²) in [4.78, 5) is 26.3. The molecule has 0 saturated carbocycles. The van der Waals surface area contributed by atoms with Crippen molar-refractivity contribution < 1.29 is 4.79 Å². The van der Waals surface area contributed by atoms with E-state index in [1.54, 1.807) is 6.20 Å². The van der Waals surface area contributed by atoms with Crippen LogP contribution in [-0.4, -0.2) is 21.1 Å². The van der Waals surface area contributed by atoms with Crippen molar-refractivity contribution in [1.29, 1.82) is 0 Å². The van der Waals surface area contributed by atoms with Gasteiger partial charge in [0.05, 0.1) is 6.54 Å². The van der Waals surface area contributed by atoms with Crippen LogP contribution in [0.15, 0.2) is 28.5 Å². The summed E-state index contributed by atoms with van der Waals surface area (Å²) in [6.45, 7) is 0.358. The normalized spacial score (nSPS) is 10.0. The fourth-order valence-electron chi connectivity index (χ4n) is 1.06. The van der Waals surface area contributed by atoms with Gasteiger partial charge >= 0.3 is 0 Å². The number of hydrogen-bond donors (Lipinski definition) is 2. The molecule has 2 heterocycles. The molecule has 16 heavy (non-hydrogen) atoms. The minimum Gasteiger partial charge on any atom is -0.344 e. The van der Waals surface area contributed by atoms with Crippen molar-refractivity contribution >= 4 is 17.2 Å². The van der Waals surface area contributed by atoms with Gasteiger partial charge in [0.2, 0.25) is 0 Å². The lowest BCUT2D eigenvalue weighted by Crippen LogP contribution is -2.25. The SMILES string of the molecule is O=C(NCc1nccs1)c1ccc(=O)[nH]n1. The molecule has 82 valence electrons. The van der Waals surface area contributed by atoms with Gasteiger partial charge in [-0.25, -0.2) is 10.1 Å². The van der Waals surface area contributed by atoms with E-state index in [2.05, 4.69) is 20.5 Å². The Balaban J connectivity index is 1.98. The highest BCUT2D eigenvalue weighted by Gasteiger charge is 2.07. The Bertz CT molecular complexity index is 514. The summed E-state index contributed by atoms with van der Waals surface area (Å²) in [6, 6.07) is 2.63. The van der Waals surface area contributed by atoms with Crippen molar-refractivity contribution in [3.63, 3.8) is 0 Å². The molecule has 7 heteroatoms. The van der Waals surface area contributed by atoms with Gasteiger partial charge in [0.1, 0.15) is 10.7 Å². The molecule has 2 rings (SSSR count). The molecule has 0 radical (unpaired) electrons. The molecule has 0 aliphatic carbocycles. The number of thiazole rings is 1. The van der Waals surface area contributed by atoms with Crippen LogP contribution in [0.2, 0.25) is 0 Å². The van der Waals surface area contributed by atoms with Crippen molar-refractivity contribution in [2.24, 2.45) is 0 Å². The molecule has 6 nitrogen and oxygen atoms in total. The van der Waals surface area contributed by atoms with Crippen LogP contribution in [0, 0.1) is 0 Å². The Morgan fingerprint density at radius 3 is 3.00 bits per heavy atom. The zero-order chi connectivity index (χ0) is 11.4. The van der Waals surface area contributed by atoms with Gasteiger partial charge in [0.15, 0.2) is 0 Å². The molecular formula is C9H8N4O2S. The summed E-state index contributed by atoms with van der Waals surface area (Å²) in [5, 5.41) is 11.1. The van der Waals surface area contributed by atoms with Crippen molar-refractivity contribution in [2.75, 3.05) is 0 Å². The highest BCUT2D eigenvalue weighted by molar-refractivity contribution is 7.09. The minimum absolute atomic E-state index is 0.177. The molecule has 2 aromatic rings. The van der Waals surface area contributed by atoms with Crippen LogP contribution in [0.5, 0.6) is 0 Å². The van der Waals surface area contributed by atoms with Gasteiger partial charge in [0, 0.05) is 17.6 Å². The second-order valence-corrected chi connectivity index (χ2v) is 3.89. The molecule has 0 atom stereocenters. The smallest absolute Gasteiger partial charge is 0.272 e. The molecule has 0 aliphatic heterocycles. The second-order valence-electron chi connectivity index (χ2n) is 2.91. The Labute approximate surface area is 94.4 Å². The lowest BCUT2D eigenvalue weighted by Gasteiger charge is -2.00. The van der Waals surface area contributed by atoms with E-state index >= 15 is 0 Å². The summed E-state index contributed by atoms with van der Waals surface area (Å²) in [6.07, 6.45) is 1.67. The van der Waals surface area contributed by atoms with E-state index in [-0.39, 0.29) is 17.2 Å². The number of rotatable bonds is 3. The van der Waals surface area contributed by atoms with Crippen LogP contribution in [-0.2, 0) is 6.54 Å². The number of amides is 1. The summed E-state index contributed by atoms with van der Waals surface area (Å²) in [7, 11) is 0. The lowest BCUT2D eigenvalue weighted by atomic mass is 10.3. The summed E-state index contributed by atoms with van der Waals surface area (Å²) >= 11 is 1.46. The van der Waals surface area contributed by atoms with E-state index in [9.17, 15) is 9.59 Å². The number of hydrogen-bond acceptors (Lipinski definition) is 5. The first-order valence-corrected chi connectivity index (χ1v) is 5.36. The summed E-state index contributed by atoms with van der Waals surface area (Å²) < 4.78 is 0. The highest BCUT2D eigenvalue weighted by atomic mass is 32.1. The van der Waals surface area contributed by atoms with E-state index in [0.717, 1.165) is 5.01 Å². The van der Waals surface area contributed by atoms with Crippen LogP contribution in [0.1, 0.15) is 15.5 Å². The Morgan fingerprint density at radius 2 is 2.38 bits per heavy atom. The standard InChI is InChI=1S/C9H8N4O2S/c14-7-2-1-6(12-13-7)9(15)11-5-8-10-3-4-16-8/h1-4H,5H2,(H,11,15)(H,13,14). The van der Waals surface area contributed by atoms with Crippen LogP contribution in [0.25, 0.3) is 0 Å². The second kappa shape index (κ2) is 4.67. The van der Waals surface area contributed by atoms with Crippen molar-refractivity contribution in [1.82, 2.24) is 20.5 Å². The number of nitrogens with zero attached hydrogens (tertiary/aromatic N) is 2. The quantitative estimate of drug-likeness (QED) is 0.794. The van der Waals surface area contributed by atoms with Crippen LogP contribution >= 0.6 is 11.3 Å². The van der Waals surface area contributed by atoms with Crippen LogP contribution in [0.4, 0.5) is 0 Å². The molecule has 0 unspecified atom stereocenters. The zero-order valence-corrected chi connectivity index (χ0v) is 8.95. The Hall–Kier alpha value is -2.02. The molecular weight excluding hydrogens is 228 g/mol. The monoisotopic (exact) mass is 236 g/mol. The summed E-state index contributed by atoms with van der Waals surface area (Å²) in [5.41, 5.74) is -0.160. The van der Waals surface area contributed by atoms with E-state index in [4.69, 9.17) is 0 Å². The Kier molecular flexibility index (Phi) is 3.06. The largest absolute Gasteiger partial charge is 0.344 e. The maximum absolute atomic E-state index is 11.5. The lowest BCUT2D eigenvalue weighted by molar-refractivity contribution is 0.0944. The third-order valence-corrected chi connectivity index (χ3v) is 2.58. The van der Waals surface area contributed by atoms with Gasteiger partial charge in [0.25, 0.3) is 11.5 Å². The predicted octanol–water partition coefficient (Wildman–Crippen LogP) is 0.156. The topological polar surface area (TPSA) is 87.7 Å². The van der Waals surface area contributed by atoms with Gasteiger partial charge in [-0.3, -0.25) is 9.59 Å². The van der Waals surface area contributed by atoms with Gasteiger partial charge in [-0.05, 0) is 6.07 Å². The molecule has 0 fully saturated rings. The van der Waals surface area contributed by atoms with Gasteiger partial charge in [-0.15, -0.1) is 11.3 Å². The number of aromatic nitrogens is 3. The van der Waals surface area contributed by atoms with Gasteiger partial charge in [-0.1, -0.05) is 0 Å². The molecule has 0 spiro atoms. The fourth-order valence-corrected chi connectivity index (χ4v) is 1.61. The van der Waals surface area contributed by atoms with Crippen LogP contribution < -0.4 is 10.9 Å². The maximum Gasteiger partial charge on any atom is 0.272 e. The first kappa shape index (κ1) is 10.5. The predicted molar refractivity (Wildman–Crippen MR) is 58.1 cm³/mol. The van der Waals surface area contributed by atoms with E-state index < -0.39 is 0 Å². The fraction of sp³-hybridized carbons (Fsp3) is 0.111. The molecule has 2 N–H and O–H groups in total. The number of carbonyl (C=O) groups is 1. The van der Waals surface area contributed by atoms with Crippen LogP contribution in [0.3, 0.4) is 0 Å². The Morgan fingerprint density at radius 1 is 1.50 bits per heavy atom. The molecule has 0 aromatic carbocycles. The summed E-state index contributed by atoms with van der Waals surface area (Å²) in [5.74, 6) is -0.341. The zero-order valence-electron chi connectivity index (χ0n) is 8.14.